The first-order valence-electron chi connectivity index (χ1n) is 5.60. The van der Waals surface area contributed by atoms with E-state index in [1.165, 1.54) is 0 Å². The Morgan fingerprint density at radius 2 is 1.63 bits per heavy atom. The van der Waals surface area contributed by atoms with Crippen molar-refractivity contribution in [3.8, 4) is 0 Å². The van der Waals surface area contributed by atoms with Gasteiger partial charge in [0.2, 0.25) is 17.8 Å². The Kier molecular flexibility index (Phi) is 2.57. The molecule has 0 saturated carbocycles. The minimum Gasteiger partial charge on any atom is -0.368 e. The maximum atomic E-state index is 5.53. The van der Waals surface area contributed by atoms with Crippen LogP contribution in [0.5, 0.6) is 0 Å². The molecule has 7 heteroatoms. The standard InChI is InChI=1S/C12H11N7/c13-10-17-11(14)19-12(18-10)16-8-5-1-3-7-4-2-6-15-9(7)8/h1-6H,(H5,13,14,16,17,18,19). The monoisotopic (exact) mass is 253 g/mol. The molecule has 0 atom stereocenters. The number of para-hydroxylation sites is 1. The van der Waals surface area contributed by atoms with Crippen molar-refractivity contribution in [1.82, 2.24) is 19.9 Å². The highest BCUT2D eigenvalue weighted by atomic mass is 15.2. The van der Waals surface area contributed by atoms with Gasteiger partial charge in [0, 0.05) is 11.6 Å². The largest absolute Gasteiger partial charge is 0.368 e. The fourth-order valence-corrected chi connectivity index (χ4v) is 1.79. The molecule has 2 heterocycles. The molecular weight excluding hydrogens is 242 g/mol. The van der Waals surface area contributed by atoms with Gasteiger partial charge in [-0.15, -0.1) is 0 Å². The van der Waals surface area contributed by atoms with Gasteiger partial charge in [-0.25, -0.2) is 0 Å². The second kappa shape index (κ2) is 4.37. The first kappa shape index (κ1) is 11.1. The predicted octanol–water partition coefficient (Wildman–Crippen LogP) is 1.33. The van der Waals surface area contributed by atoms with E-state index in [9.17, 15) is 0 Å². The van der Waals surface area contributed by atoms with Gasteiger partial charge in [0.05, 0.1) is 11.2 Å². The van der Waals surface area contributed by atoms with E-state index >= 15 is 0 Å². The van der Waals surface area contributed by atoms with Gasteiger partial charge in [0.15, 0.2) is 0 Å². The molecule has 7 nitrogen and oxygen atoms in total. The molecule has 1 aromatic carbocycles. The number of nitrogens with one attached hydrogen (secondary N) is 1. The molecular formula is C12H11N7. The van der Waals surface area contributed by atoms with Crippen molar-refractivity contribution in [2.24, 2.45) is 0 Å². The molecule has 19 heavy (non-hydrogen) atoms. The number of aromatic nitrogens is 4. The maximum absolute atomic E-state index is 5.53. The van der Waals surface area contributed by atoms with Gasteiger partial charge < -0.3 is 16.8 Å². The van der Waals surface area contributed by atoms with E-state index in [1.807, 2.05) is 30.3 Å². The number of nitrogens with two attached hydrogens (primary N) is 2. The van der Waals surface area contributed by atoms with Crippen molar-refractivity contribution >= 4 is 34.4 Å². The number of nitrogen functional groups attached to an aromatic ring is 2. The number of fused-ring (bicyclic) bond motifs is 1. The molecule has 0 spiro atoms. The van der Waals surface area contributed by atoms with Crippen LogP contribution < -0.4 is 16.8 Å². The Morgan fingerprint density at radius 3 is 2.42 bits per heavy atom. The highest BCUT2D eigenvalue weighted by Crippen LogP contribution is 2.23. The highest BCUT2D eigenvalue weighted by molar-refractivity contribution is 5.91. The van der Waals surface area contributed by atoms with Gasteiger partial charge in [-0.3, -0.25) is 4.98 Å². The van der Waals surface area contributed by atoms with Gasteiger partial charge in [-0.1, -0.05) is 18.2 Å². The SMILES string of the molecule is Nc1nc(N)nc(Nc2cccc3cccnc23)n1. The fourth-order valence-electron chi connectivity index (χ4n) is 1.79. The molecule has 0 amide bonds. The van der Waals surface area contributed by atoms with Gasteiger partial charge in [-0.2, -0.15) is 15.0 Å². The molecule has 0 bridgehead atoms. The van der Waals surface area contributed by atoms with Crippen LogP contribution in [0.2, 0.25) is 0 Å². The second-order valence-electron chi connectivity index (χ2n) is 3.88. The van der Waals surface area contributed by atoms with Crippen LogP contribution in [0.4, 0.5) is 23.5 Å². The van der Waals surface area contributed by atoms with Crippen molar-refractivity contribution in [3.05, 3.63) is 36.5 Å². The third-order valence-corrected chi connectivity index (χ3v) is 2.55. The van der Waals surface area contributed by atoms with E-state index in [1.54, 1.807) is 6.20 Å². The Morgan fingerprint density at radius 1 is 0.895 bits per heavy atom. The average molecular weight is 253 g/mol. The lowest BCUT2D eigenvalue weighted by Crippen LogP contribution is -2.06. The third-order valence-electron chi connectivity index (χ3n) is 2.55. The van der Waals surface area contributed by atoms with Crippen LogP contribution in [0.15, 0.2) is 36.5 Å². The molecule has 0 aliphatic rings. The van der Waals surface area contributed by atoms with Crippen LogP contribution in [0.3, 0.4) is 0 Å². The molecule has 0 fully saturated rings. The number of hydrogen-bond donors (Lipinski definition) is 3. The smallest absolute Gasteiger partial charge is 0.233 e. The van der Waals surface area contributed by atoms with Crippen molar-refractivity contribution in [2.75, 3.05) is 16.8 Å². The lowest BCUT2D eigenvalue weighted by Gasteiger charge is -2.08. The first-order valence-corrected chi connectivity index (χ1v) is 5.60. The van der Waals surface area contributed by atoms with E-state index in [0.29, 0.717) is 5.95 Å². The summed E-state index contributed by atoms with van der Waals surface area (Å²) in [5.74, 6) is 0.439. The number of benzene rings is 1. The van der Waals surface area contributed by atoms with Crippen LogP contribution in [0.25, 0.3) is 10.9 Å². The van der Waals surface area contributed by atoms with Crippen LogP contribution in [0, 0.1) is 0 Å². The molecule has 2 aromatic heterocycles. The van der Waals surface area contributed by atoms with Crippen LogP contribution in [-0.4, -0.2) is 19.9 Å². The molecule has 3 rings (SSSR count). The van der Waals surface area contributed by atoms with Gasteiger partial charge >= 0.3 is 0 Å². The van der Waals surface area contributed by atoms with Crippen molar-refractivity contribution in [1.29, 1.82) is 0 Å². The Hall–Kier alpha value is -2.96. The van der Waals surface area contributed by atoms with Gasteiger partial charge in [-0.05, 0) is 12.1 Å². The van der Waals surface area contributed by atoms with Crippen LogP contribution in [0.1, 0.15) is 0 Å². The number of pyridine rings is 1. The van der Waals surface area contributed by atoms with Crippen molar-refractivity contribution in [2.45, 2.75) is 0 Å². The van der Waals surface area contributed by atoms with Crippen molar-refractivity contribution < 1.29 is 0 Å². The first-order chi connectivity index (χ1) is 9.22. The fraction of sp³-hybridized carbons (Fsp3) is 0. The van der Waals surface area contributed by atoms with E-state index in [2.05, 4.69) is 25.3 Å². The number of anilines is 4. The number of nitrogens with zero attached hydrogens (tertiary/aromatic N) is 4. The molecule has 0 radical (unpaired) electrons. The topological polar surface area (TPSA) is 116 Å². The number of rotatable bonds is 2. The molecule has 0 unspecified atom stereocenters. The Labute approximate surface area is 108 Å². The van der Waals surface area contributed by atoms with E-state index in [-0.39, 0.29) is 11.9 Å². The van der Waals surface area contributed by atoms with Crippen LogP contribution >= 0.6 is 0 Å². The average Bonchev–Trinajstić information content (AvgIpc) is 2.38. The van der Waals surface area contributed by atoms with E-state index < -0.39 is 0 Å². The summed E-state index contributed by atoms with van der Waals surface area (Å²) in [4.78, 5) is 16.0. The molecule has 5 N–H and O–H groups in total. The summed E-state index contributed by atoms with van der Waals surface area (Å²) in [6.07, 6.45) is 1.73. The van der Waals surface area contributed by atoms with Gasteiger partial charge in [0.1, 0.15) is 0 Å². The Balaban J connectivity index is 2.05. The van der Waals surface area contributed by atoms with Gasteiger partial charge in [0.25, 0.3) is 0 Å². The molecule has 0 saturated heterocycles. The lowest BCUT2D eigenvalue weighted by molar-refractivity contribution is 1.08. The zero-order valence-corrected chi connectivity index (χ0v) is 9.91. The molecule has 94 valence electrons. The van der Waals surface area contributed by atoms with E-state index in [4.69, 9.17) is 11.5 Å². The summed E-state index contributed by atoms with van der Waals surface area (Å²) in [6, 6.07) is 9.63. The zero-order valence-electron chi connectivity index (χ0n) is 9.91. The van der Waals surface area contributed by atoms with E-state index in [0.717, 1.165) is 16.6 Å². The molecule has 3 aromatic rings. The summed E-state index contributed by atoms with van der Waals surface area (Å²) >= 11 is 0. The van der Waals surface area contributed by atoms with Crippen LogP contribution in [-0.2, 0) is 0 Å². The van der Waals surface area contributed by atoms with Crippen molar-refractivity contribution in [3.63, 3.8) is 0 Å². The lowest BCUT2D eigenvalue weighted by atomic mass is 10.2. The Bertz CT molecular complexity index is 715. The predicted molar refractivity (Wildman–Crippen MR) is 73.7 cm³/mol. The second-order valence-corrected chi connectivity index (χ2v) is 3.88. The zero-order chi connectivity index (χ0) is 13.2. The minimum atomic E-state index is 0.0724. The normalized spacial score (nSPS) is 10.5. The summed E-state index contributed by atoms with van der Waals surface area (Å²) in [7, 11) is 0. The highest BCUT2D eigenvalue weighted by Gasteiger charge is 2.05. The molecule has 0 aliphatic heterocycles. The molecule has 0 aliphatic carbocycles. The summed E-state index contributed by atoms with van der Waals surface area (Å²) in [6.45, 7) is 0. The summed E-state index contributed by atoms with van der Waals surface area (Å²) in [5.41, 5.74) is 12.7. The summed E-state index contributed by atoms with van der Waals surface area (Å²) in [5, 5.41) is 4.06. The number of hydrogen-bond acceptors (Lipinski definition) is 7. The third kappa shape index (κ3) is 2.21. The maximum Gasteiger partial charge on any atom is 0.233 e. The minimum absolute atomic E-state index is 0.0724. The summed E-state index contributed by atoms with van der Waals surface area (Å²) < 4.78 is 0. The quantitative estimate of drug-likeness (QED) is 0.630.